The predicted octanol–water partition coefficient (Wildman–Crippen LogP) is 2.47. The van der Waals surface area contributed by atoms with E-state index in [1.165, 1.54) is 5.56 Å². The van der Waals surface area contributed by atoms with Gasteiger partial charge in [0.25, 0.3) is 0 Å². The molecule has 1 heterocycles. The normalized spacial score (nSPS) is 18.6. The molecule has 0 spiro atoms. The maximum Gasteiger partial charge on any atom is 0.223 e. The third-order valence-corrected chi connectivity index (χ3v) is 4.67. The number of carbonyl (C=O) groups excluding carboxylic acids is 1. The van der Waals surface area contributed by atoms with Crippen molar-refractivity contribution in [2.75, 3.05) is 13.1 Å². The maximum absolute atomic E-state index is 12.3. The van der Waals surface area contributed by atoms with Gasteiger partial charge in [-0.25, -0.2) is 0 Å². The first kappa shape index (κ1) is 15.0. The summed E-state index contributed by atoms with van der Waals surface area (Å²) in [6.45, 7) is 8.39. The van der Waals surface area contributed by atoms with Crippen molar-refractivity contribution in [2.24, 2.45) is 5.92 Å². The second-order valence-corrected chi connectivity index (χ2v) is 6.34. The van der Waals surface area contributed by atoms with Gasteiger partial charge in [0.15, 0.2) is 0 Å². The van der Waals surface area contributed by atoms with Gasteiger partial charge in [-0.05, 0) is 38.4 Å². The number of carbonyl (C=O) groups is 1. The zero-order valence-electron chi connectivity index (χ0n) is 12.8. The number of nitrogens with one attached hydrogen (secondary N) is 2. The Morgan fingerprint density at radius 3 is 2.45 bits per heavy atom. The van der Waals surface area contributed by atoms with Crippen LogP contribution in [0.15, 0.2) is 30.3 Å². The van der Waals surface area contributed by atoms with E-state index in [1.54, 1.807) is 0 Å². The fourth-order valence-corrected chi connectivity index (χ4v) is 2.71. The summed E-state index contributed by atoms with van der Waals surface area (Å²) in [7, 11) is 0. The van der Waals surface area contributed by atoms with Gasteiger partial charge in [-0.2, -0.15) is 0 Å². The van der Waals surface area contributed by atoms with Crippen LogP contribution in [-0.4, -0.2) is 25.0 Å². The maximum atomic E-state index is 12.3. The highest BCUT2D eigenvalue weighted by atomic mass is 16.1. The summed E-state index contributed by atoms with van der Waals surface area (Å²) < 4.78 is 0. The molecule has 1 unspecified atom stereocenters. The van der Waals surface area contributed by atoms with Crippen molar-refractivity contribution >= 4 is 5.91 Å². The molecular weight excluding hydrogens is 248 g/mol. The second-order valence-electron chi connectivity index (χ2n) is 6.34. The van der Waals surface area contributed by atoms with Gasteiger partial charge in [-0.1, -0.05) is 44.2 Å². The summed E-state index contributed by atoms with van der Waals surface area (Å²) in [4.78, 5) is 12.3. The molecule has 3 heteroatoms. The zero-order valence-corrected chi connectivity index (χ0v) is 12.8. The van der Waals surface area contributed by atoms with Crippen molar-refractivity contribution in [1.82, 2.24) is 10.6 Å². The number of piperidine rings is 1. The Morgan fingerprint density at radius 2 is 1.85 bits per heavy atom. The first-order valence-corrected chi connectivity index (χ1v) is 7.58. The molecule has 0 radical (unpaired) electrons. The molecule has 1 saturated heterocycles. The van der Waals surface area contributed by atoms with E-state index < -0.39 is 0 Å². The van der Waals surface area contributed by atoms with E-state index >= 15 is 0 Å². The van der Waals surface area contributed by atoms with E-state index in [0.717, 1.165) is 25.9 Å². The molecule has 1 aliphatic heterocycles. The van der Waals surface area contributed by atoms with Crippen molar-refractivity contribution in [2.45, 2.75) is 45.1 Å². The second kappa shape index (κ2) is 6.40. The summed E-state index contributed by atoms with van der Waals surface area (Å²) in [5.74, 6) is 0.383. The molecule has 0 saturated carbocycles. The van der Waals surface area contributed by atoms with Gasteiger partial charge >= 0.3 is 0 Å². The Bertz CT molecular complexity index is 436. The van der Waals surface area contributed by atoms with Gasteiger partial charge in [0, 0.05) is 17.4 Å². The largest absolute Gasteiger partial charge is 0.353 e. The third kappa shape index (κ3) is 3.40. The molecule has 0 bridgehead atoms. The van der Waals surface area contributed by atoms with Crippen molar-refractivity contribution in [3.8, 4) is 0 Å². The fourth-order valence-electron chi connectivity index (χ4n) is 2.71. The Kier molecular flexibility index (Phi) is 4.81. The number of hydrogen-bond acceptors (Lipinski definition) is 2. The Labute approximate surface area is 122 Å². The minimum absolute atomic E-state index is 0.0656. The van der Waals surface area contributed by atoms with E-state index in [9.17, 15) is 4.79 Å². The van der Waals surface area contributed by atoms with Crippen LogP contribution in [-0.2, 0) is 10.2 Å². The van der Waals surface area contributed by atoms with E-state index in [-0.39, 0.29) is 23.3 Å². The van der Waals surface area contributed by atoms with Crippen LogP contribution in [0.4, 0.5) is 0 Å². The quantitative estimate of drug-likeness (QED) is 0.885. The summed E-state index contributed by atoms with van der Waals surface area (Å²) in [6.07, 6.45) is 1.90. The number of amides is 1. The molecule has 2 N–H and O–H groups in total. The van der Waals surface area contributed by atoms with Gasteiger partial charge in [-0.3, -0.25) is 4.79 Å². The smallest absolute Gasteiger partial charge is 0.223 e. The number of rotatable bonds is 4. The Hall–Kier alpha value is -1.35. The molecule has 20 heavy (non-hydrogen) atoms. The van der Waals surface area contributed by atoms with E-state index in [0.29, 0.717) is 0 Å². The fraction of sp³-hybridized carbons (Fsp3) is 0.588. The Balaban J connectivity index is 1.99. The highest BCUT2D eigenvalue weighted by molar-refractivity contribution is 5.79. The average Bonchev–Trinajstić information content (AvgIpc) is 2.49. The van der Waals surface area contributed by atoms with Gasteiger partial charge in [-0.15, -0.1) is 0 Å². The van der Waals surface area contributed by atoms with Crippen LogP contribution in [0.25, 0.3) is 0 Å². The molecule has 1 atom stereocenters. The highest BCUT2D eigenvalue weighted by Crippen LogP contribution is 2.27. The van der Waals surface area contributed by atoms with Crippen molar-refractivity contribution in [1.29, 1.82) is 0 Å². The van der Waals surface area contributed by atoms with Gasteiger partial charge < -0.3 is 10.6 Å². The third-order valence-electron chi connectivity index (χ3n) is 4.67. The van der Waals surface area contributed by atoms with Crippen LogP contribution in [0.5, 0.6) is 0 Å². The van der Waals surface area contributed by atoms with Crippen LogP contribution < -0.4 is 10.6 Å². The van der Waals surface area contributed by atoms with Crippen LogP contribution in [0.2, 0.25) is 0 Å². The average molecular weight is 274 g/mol. The topological polar surface area (TPSA) is 41.1 Å². The molecule has 0 aromatic heterocycles. The lowest BCUT2D eigenvalue weighted by atomic mass is 9.78. The lowest BCUT2D eigenvalue weighted by Crippen LogP contribution is -2.48. The summed E-state index contributed by atoms with van der Waals surface area (Å²) in [6, 6.07) is 10.5. The van der Waals surface area contributed by atoms with Crippen molar-refractivity contribution in [3.63, 3.8) is 0 Å². The standard InChI is InChI=1S/C17H26N2O/c1-13(17(2,3)15-7-5-4-6-8-15)19-16(20)14-9-11-18-12-10-14/h4-8,13-14,18H,9-12H2,1-3H3,(H,19,20). The van der Waals surface area contributed by atoms with E-state index in [2.05, 4.69) is 55.7 Å². The molecule has 1 aromatic carbocycles. The minimum Gasteiger partial charge on any atom is -0.353 e. The van der Waals surface area contributed by atoms with Gasteiger partial charge in [0.1, 0.15) is 0 Å². The lowest BCUT2D eigenvalue weighted by molar-refractivity contribution is -0.126. The van der Waals surface area contributed by atoms with Crippen LogP contribution in [0.3, 0.4) is 0 Å². The number of hydrogen-bond donors (Lipinski definition) is 2. The first-order chi connectivity index (χ1) is 9.51. The summed E-state index contributed by atoms with van der Waals surface area (Å²) in [5.41, 5.74) is 1.20. The molecule has 2 rings (SSSR count). The van der Waals surface area contributed by atoms with Crippen molar-refractivity contribution < 1.29 is 4.79 Å². The molecule has 1 amide bonds. The molecule has 1 fully saturated rings. The molecule has 0 aliphatic carbocycles. The first-order valence-electron chi connectivity index (χ1n) is 7.58. The highest BCUT2D eigenvalue weighted by Gasteiger charge is 2.31. The van der Waals surface area contributed by atoms with Crippen LogP contribution >= 0.6 is 0 Å². The summed E-state index contributed by atoms with van der Waals surface area (Å²) in [5, 5.41) is 6.52. The SMILES string of the molecule is CC(NC(=O)C1CCNCC1)C(C)(C)c1ccccc1. The molecule has 3 nitrogen and oxygen atoms in total. The predicted molar refractivity (Wildman–Crippen MR) is 82.7 cm³/mol. The van der Waals surface area contributed by atoms with Gasteiger partial charge in [0.2, 0.25) is 5.91 Å². The molecule has 110 valence electrons. The van der Waals surface area contributed by atoms with Crippen molar-refractivity contribution in [3.05, 3.63) is 35.9 Å². The molecule has 1 aromatic rings. The lowest BCUT2D eigenvalue weighted by Gasteiger charge is -2.34. The monoisotopic (exact) mass is 274 g/mol. The van der Waals surface area contributed by atoms with Crippen LogP contribution in [0, 0.1) is 5.92 Å². The van der Waals surface area contributed by atoms with E-state index in [1.807, 2.05) is 6.07 Å². The van der Waals surface area contributed by atoms with Gasteiger partial charge in [0.05, 0.1) is 0 Å². The molecule has 1 aliphatic rings. The number of benzene rings is 1. The van der Waals surface area contributed by atoms with E-state index in [4.69, 9.17) is 0 Å². The summed E-state index contributed by atoms with van der Waals surface area (Å²) >= 11 is 0. The Morgan fingerprint density at radius 1 is 1.25 bits per heavy atom. The zero-order chi connectivity index (χ0) is 14.6. The minimum atomic E-state index is -0.0656. The van der Waals surface area contributed by atoms with Crippen LogP contribution in [0.1, 0.15) is 39.2 Å². The molecular formula is C17H26N2O.